The van der Waals surface area contributed by atoms with Crippen LogP contribution in [0.2, 0.25) is 0 Å². The SMILES string of the molecule is COc1cccc2c1ccn2C(=O)C(F)(F)F. The quantitative estimate of drug-likeness (QED) is 0.771. The molecule has 1 aromatic carbocycles. The third kappa shape index (κ3) is 1.86. The Morgan fingerprint density at radius 3 is 2.59 bits per heavy atom. The van der Waals surface area contributed by atoms with E-state index in [-0.39, 0.29) is 5.52 Å². The van der Waals surface area contributed by atoms with E-state index in [0.717, 1.165) is 6.20 Å². The van der Waals surface area contributed by atoms with Gasteiger partial charge >= 0.3 is 12.1 Å². The number of hydrogen-bond donors (Lipinski definition) is 0. The zero-order valence-electron chi connectivity index (χ0n) is 8.78. The van der Waals surface area contributed by atoms with Gasteiger partial charge in [-0.1, -0.05) is 6.07 Å². The van der Waals surface area contributed by atoms with E-state index in [9.17, 15) is 18.0 Å². The predicted molar refractivity (Wildman–Crippen MR) is 55.2 cm³/mol. The maximum absolute atomic E-state index is 12.3. The number of methoxy groups -OCH3 is 1. The molecule has 0 radical (unpaired) electrons. The van der Waals surface area contributed by atoms with Gasteiger partial charge in [-0.15, -0.1) is 0 Å². The molecule has 2 rings (SSSR count). The summed E-state index contributed by atoms with van der Waals surface area (Å²) in [6, 6.07) is 5.99. The van der Waals surface area contributed by atoms with Crippen molar-refractivity contribution in [3.05, 3.63) is 30.5 Å². The zero-order chi connectivity index (χ0) is 12.6. The normalized spacial score (nSPS) is 11.8. The second kappa shape index (κ2) is 3.80. The van der Waals surface area contributed by atoms with Gasteiger partial charge in [-0.25, -0.2) is 0 Å². The Kier molecular flexibility index (Phi) is 2.57. The van der Waals surface area contributed by atoms with Gasteiger partial charge in [0.1, 0.15) is 5.75 Å². The van der Waals surface area contributed by atoms with Crippen molar-refractivity contribution in [3.63, 3.8) is 0 Å². The monoisotopic (exact) mass is 243 g/mol. The lowest BCUT2D eigenvalue weighted by atomic mass is 10.2. The minimum atomic E-state index is -4.89. The predicted octanol–water partition coefficient (Wildman–Crippen LogP) is 2.85. The summed E-state index contributed by atoms with van der Waals surface area (Å²) in [5, 5.41) is 0.465. The first-order chi connectivity index (χ1) is 7.95. The van der Waals surface area contributed by atoms with Gasteiger partial charge in [0.05, 0.1) is 12.6 Å². The van der Waals surface area contributed by atoms with Gasteiger partial charge in [0.25, 0.3) is 0 Å². The summed E-state index contributed by atoms with van der Waals surface area (Å²) in [6.07, 6.45) is -3.81. The number of aromatic nitrogens is 1. The first kappa shape index (κ1) is 11.5. The molecule has 0 fully saturated rings. The maximum Gasteiger partial charge on any atom is 0.472 e. The van der Waals surface area contributed by atoms with Gasteiger partial charge in [0.2, 0.25) is 0 Å². The first-order valence-electron chi connectivity index (χ1n) is 4.70. The molecule has 0 aliphatic rings. The standard InChI is InChI=1S/C11H8F3NO2/c1-17-9-4-2-3-8-7(9)5-6-15(8)10(16)11(12,13)14/h2-6H,1H3. The molecule has 6 heteroatoms. The third-order valence-corrected chi connectivity index (χ3v) is 2.37. The second-order valence-electron chi connectivity index (χ2n) is 3.38. The van der Waals surface area contributed by atoms with Crippen molar-refractivity contribution in [2.24, 2.45) is 0 Å². The number of carbonyl (C=O) groups is 1. The molecule has 90 valence electrons. The molecule has 0 bridgehead atoms. The van der Waals surface area contributed by atoms with Crippen LogP contribution < -0.4 is 4.74 Å². The Labute approximate surface area is 94.4 Å². The van der Waals surface area contributed by atoms with E-state index < -0.39 is 12.1 Å². The summed E-state index contributed by atoms with van der Waals surface area (Å²) in [5.41, 5.74) is 0.173. The van der Waals surface area contributed by atoms with Crippen LogP contribution in [-0.4, -0.2) is 23.8 Å². The van der Waals surface area contributed by atoms with Crippen LogP contribution in [0.25, 0.3) is 10.9 Å². The lowest BCUT2D eigenvalue weighted by molar-refractivity contribution is -0.0942. The van der Waals surface area contributed by atoms with Crippen molar-refractivity contribution in [1.29, 1.82) is 0 Å². The van der Waals surface area contributed by atoms with Crippen LogP contribution in [0.3, 0.4) is 0 Å². The summed E-state index contributed by atoms with van der Waals surface area (Å²) < 4.78 is 42.5. The van der Waals surface area contributed by atoms with Crippen molar-refractivity contribution < 1.29 is 22.7 Å². The van der Waals surface area contributed by atoms with Gasteiger partial charge in [-0.3, -0.25) is 9.36 Å². The highest BCUT2D eigenvalue weighted by molar-refractivity contribution is 5.97. The van der Waals surface area contributed by atoms with Gasteiger partial charge in [-0.2, -0.15) is 13.2 Å². The molecule has 3 nitrogen and oxygen atoms in total. The lowest BCUT2D eigenvalue weighted by Crippen LogP contribution is -2.28. The number of fused-ring (bicyclic) bond motifs is 1. The fourth-order valence-corrected chi connectivity index (χ4v) is 1.63. The molecule has 17 heavy (non-hydrogen) atoms. The van der Waals surface area contributed by atoms with Crippen LogP contribution in [-0.2, 0) is 0 Å². The number of halogens is 3. The number of alkyl halides is 3. The van der Waals surface area contributed by atoms with Crippen LogP contribution in [0.1, 0.15) is 4.79 Å². The van der Waals surface area contributed by atoms with Crippen molar-refractivity contribution in [1.82, 2.24) is 4.57 Å². The maximum atomic E-state index is 12.3. The van der Waals surface area contributed by atoms with Crippen molar-refractivity contribution in [2.45, 2.75) is 6.18 Å². The van der Waals surface area contributed by atoms with Crippen LogP contribution >= 0.6 is 0 Å². The van der Waals surface area contributed by atoms with Crippen molar-refractivity contribution in [3.8, 4) is 5.75 Å². The van der Waals surface area contributed by atoms with Crippen LogP contribution in [0, 0.1) is 0 Å². The highest BCUT2D eigenvalue weighted by Gasteiger charge is 2.40. The van der Waals surface area contributed by atoms with Crippen molar-refractivity contribution >= 4 is 16.8 Å². The molecule has 0 spiro atoms. The average molecular weight is 243 g/mol. The number of hydrogen-bond acceptors (Lipinski definition) is 2. The summed E-state index contributed by atoms with van der Waals surface area (Å²) in [7, 11) is 1.41. The molecule has 1 aromatic heterocycles. The smallest absolute Gasteiger partial charge is 0.472 e. The van der Waals surface area contributed by atoms with Crippen LogP contribution in [0.5, 0.6) is 5.75 Å². The van der Waals surface area contributed by atoms with E-state index in [0.29, 0.717) is 15.7 Å². The summed E-state index contributed by atoms with van der Waals surface area (Å²) in [5.74, 6) is -1.49. The number of carbonyl (C=O) groups excluding carboxylic acids is 1. The highest BCUT2D eigenvalue weighted by Crippen LogP contribution is 2.28. The molecule has 0 N–H and O–H groups in total. The summed E-state index contributed by atoms with van der Waals surface area (Å²) in [4.78, 5) is 11.1. The van der Waals surface area contributed by atoms with E-state index >= 15 is 0 Å². The van der Waals surface area contributed by atoms with Crippen LogP contribution in [0.4, 0.5) is 13.2 Å². The Bertz CT molecular complexity index is 572. The number of benzene rings is 1. The fraction of sp³-hybridized carbons (Fsp3) is 0.182. The van der Waals surface area contributed by atoms with Crippen molar-refractivity contribution in [2.75, 3.05) is 7.11 Å². The topological polar surface area (TPSA) is 31.2 Å². The van der Waals surface area contributed by atoms with E-state index in [1.165, 1.54) is 25.3 Å². The lowest BCUT2D eigenvalue weighted by Gasteiger charge is -2.07. The third-order valence-electron chi connectivity index (χ3n) is 2.37. The number of rotatable bonds is 1. The van der Waals surface area contributed by atoms with Gasteiger partial charge < -0.3 is 4.74 Å². The molecule has 2 aromatic rings. The molecular weight excluding hydrogens is 235 g/mol. The minimum Gasteiger partial charge on any atom is -0.496 e. The van der Waals surface area contributed by atoms with E-state index in [1.54, 1.807) is 6.07 Å². The average Bonchev–Trinajstić information content (AvgIpc) is 2.69. The molecule has 0 aliphatic carbocycles. The highest BCUT2D eigenvalue weighted by atomic mass is 19.4. The largest absolute Gasteiger partial charge is 0.496 e. The minimum absolute atomic E-state index is 0.173. The molecule has 0 atom stereocenters. The first-order valence-corrected chi connectivity index (χ1v) is 4.70. The van der Waals surface area contributed by atoms with Gasteiger partial charge in [0, 0.05) is 11.6 Å². The molecule has 0 saturated heterocycles. The Morgan fingerprint density at radius 2 is 2.00 bits per heavy atom. The Hall–Kier alpha value is -1.98. The van der Waals surface area contributed by atoms with E-state index in [4.69, 9.17) is 4.74 Å². The second-order valence-corrected chi connectivity index (χ2v) is 3.38. The summed E-state index contributed by atoms with van der Waals surface area (Å²) >= 11 is 0. The van der Waals surface area contributed by atoms with E-state index in [1.807, 2.05) is 0 Å². The summed E-state index contributed by atoms with van der Waals surface area (Å²) in [6.45, 7) is 0. The number of nitrogens with zero attached hydrogens (tertiary/aromatic N) is 1. The molecule has 1 heterocycles. The van der Waals surface area contributed by atoms with Crippen LogP contribution in [0.15, 0.2) is 30.5 Å². The van der Waals surface area contributed by atoms with Gasteiger partial charge in [-0.05, 0) is 18.2 Å². The molecule has 0 amide bonds. The molecular formula is C11H8F3NO2. The molecule has 0 unspecified atom stereocenters. The van der Waals surface area contributed by atoms with E-state index in [2.05, 4.69) is 0 Å². The molecule has 0 saturated carbocycles. The molecule has 0 aliphatic heterocycles. The fourth-order valence-electron chi connectivity index (χ4n) is 1.63. The number of ether oxygens (including phenoxy) is 1. The van der Waals surface area contributed by atoms with Gasteiger partial charge in [0.15, 0.2) is 0 Å². The Balaban J connectivity index is 2.62. The Morgan fingerprint density at radius 1 is 1.29 bits per heavy atom. The zero-order valence-corrected chi connectivity index (χ0v) is 8.78.